The Balaban J connectivity index is 5.46. The summed E-state index contributed by atoms with van der Waals surface area (Å²) in [4.78, 5) is 0. The van der Waals surface area contributed by atoms with Crippen LogP contribution in [0.25, 0.3) is 0 Å². The summed E-state index contributed by atoms with van der Waals surface area (Å²) in [5.74, 6) is 0. The van der Waals surface area contributed by atoms with Crippen LogP contribution < -0.4 is 0 Å². The van der Waals surface area contributed by atoms with Crippen molar-refractivity contribution in [2.24, 2.45) is 0 Å². The van der Waals surface area contributed by atoms with Crippen molar-refractivity contribution in [1.29, 1.82) is 0 Å². The summed E-state index contributed by atoms with van der Waals surface area (Å²) in [7, 11) is -7.94. The highest BCUT2D eigenvalue weighted by molar-refractivity contribution is 7.98. The Hall–Kier alpha value is -0.160. The molecule has 0 aromatic heterocycles. The Morgan fingerprint density at radius 1 is 0.889 bits per heavy atom. The van der Waals surface area contributed by atoms with Gasteiger partial charge in [-0.1, -0.05) is 13.8 Å². The molecule has 11 heteroatoms. The Bertz CT molecular complexity index is 299. The quantitative estimate of drug-likeness (QED) is 0.731. The molecule has 0 N–H and O–H groups in total. The highest BCUT2D eigenvalue weighted by atomic mass is 32.3. The Kier molecular flexibility index (Phi) is 6.27. The number of nitrogens with zero attached hydrogens (tertiary/aromatic N) is 1. The van der Waals surface area contributed by atoms with Crippen LogP contribution in [0.1, 0.15) is 26.7 Å². The molecule has 0 radical (unpaired) electrons. The summed E-state index contributed by atoms with van der Waals surface area (Å²) in [5.41, 5.74) is -10.8. The molecule has 0 amide bonds. The average Bonchev–Trinajstić information content (AvgIpc) is 2.21. The van der Waals surface area contributed by atoms with Gasteiger partial charge in [-0.05, 0) is 12.8 Å². The predicted molar refractivity (Wildman–Crippen MR) is 54.6 cm³/mol. The molecule has 0 aliphatic carbocycles. The molecular weight excluding hydrogens is 308 g/mol. The van der Waals surface area contributed by atoms with Crippen LogP contribution in [0.2, 0.25) is 0 Å². The van der Waals surface area contributed by atoms with E-state index in [1.54, 1.807) is 0 Å². The minimum absolute atomic E-state index is 0.139. The van der Waals surface area contributed by atoms with Crippen LogP contribution in [0.4, 0.5) is 26.3 Å². The summed E-state index contributed by atoms with van der Waals surface area (Å²) in [6.45, 7) is 2.64. The molecule has 0 saturated carbocycles. The van der Waals surface area contributed by atoms with Gasteiger partial charge in [-0.15, -0.1) is 3.71 Å². The van der Waals surface area contributed by atoms with Crippen molar-refractivity contribution in [1.82, 2.24) is 3.71 Å². The Morgan fingerprint density at radius 3 is 1.33 bits per heavy atom. The predicted octanol–water partition coefficient (Wildman–Crippen LogP) is 2.84. The molecule has 0 aromatic carbocycles. The summed E-state index contributed by atoms with van der Waals surface area (Å²) in [6.07, 6.45) is -0.278. The topological polar surface area (TPSA) is 37.4 Å². The number of alkyl halides is 6. The lowest BCUT2D eigenvalue weighted by Crippen LogP contribution is -2.47. The van der Waals surface area contributed by atoms with Crippen molar-refractivity contribution < 1.29 is 34.8 Å². The summed E-state index contributed by atoms with van der Waals surface area (Å²) in [6, 6.07) is -1.34. The number of hydrogen-bond acceptors (Lipinski definition) is 2. The zero-order chi connectivity index (χ0) is 14.7. The van der Waals surface area contributed by atoms with E-state index < -0.39 is 42.7 Å². The van der Waals surface area contributed by atoms with Gasteiger partial charge in [0.15, 0.2) is 0 Å². The van der Waals surface area contributed by atoms with Crippen LogP contribution in [0.5, 0.6) is 0 Å². The summed E-state index contributed by atoms with van der Waals surface area (Å²) >= 11 is 0. The maximum Gasteiger partial charge on any atom is 0.486 e. The van der Waals surface area contributed by atoms with Gasteiger partial charge >= 0.3 is 11.0 Å². The zero-order valence-corrected chi connectivity index (χ0v) is 11.0. The van der Waals surface area contributed by atoms with Crippen LogP contribution in [-0.4, -0.2) is 29.2 Å². The molecular formula is C7H11F6NO2S2. The van der Waals surface area contributed by atoms with E-state index in [0.717, 1.165) is 0 Å². The average molecular weight is 319 g/mol. The fourth-order valence-corrected chi connectivity index (χ4v) is 3.67. The monoisotopic (exact) mass is 319 g/mol. The van der Waals surface area contributed by atoms with Gasteiger partial charge in [-0.2, -0.15) is 26.3 Å². The molecule has 18 heavy (non-hydrogen) atoms. The second-order valence-corrected chi connectivity index (χ2v) is 6.09. The van der Waals surface area contributed by atoms with Crippen LogP contribution in [0.3, 0.4) is 0 Å². The third kappa shape index (κ3) is 4.50. The maximum atomic E-state index is 12.2. The lowest BCUT2D eigenvalue weighted by atomic mass is 10.2. The van der Waals surface area contributed by atoms with E-state index in [9.17, 15) is 34.8 Å². The second kappa shape index (κ2) is 6.33. The number of hydrogen-bond donors (Lipinski definition) is 0. The van der Waals surface area contributed by atoms with E-state index in [-0.39, 0.29) is 12.8 Å². The molecule has 0 heterocycles. The lowest BCUT2D eigenvalue weighted by molar-refractivity contribution is -0.0471. The van der Waals surface area contributed by atoms with E-state index in [0.29, 0.717) is 0 Å². The van der Waals surface area contributed by atoms with Crippen LogP contribution in [0.15, 0.2) is 0 Å². The van der Waals surface area contributed by atoms with E-state index in [1.807, 2.05) is 0 Å². The fraction of sp³-hybridized carbons (Fsp3) is 1.00. The maximum absolute atomic E-state index is 12.2. The molecule has 0 aliphatic heterocycles. The molecule has 0 rings (SSSR count). The molecule has 2 unspecified atom stereocenters. The first kappa shape index (κ1) is 17.8. The smallest absolute Gasteiger partial charge is 0.232 e. The van der Waals surface area contributed by atoms with Gasteiger partial charge in [-0.25, -0.2) is 8.42 Å². The van der Waals surface area contributed by atoms with Crippen LogP contribution in [0, 0.1) is 0 Å². The molecule has 0 spiro atoms. The van der Waals surface area contributed by atoms with Gasteiger partial charge in [-0.3, -0.25) is 0 Å². The zero-order valence-electron chi connectivity index (χ0n) is 9.34. The molecule has 0 bridgehead atoms. The third-order valence-corrected chi connectivity index (χ3v) is 4.82. The van der Waals surface area contributed by atoms with Gasteiger partial charge < -0.3 is 0 Å². The molecule has 110 valence electrons. The minimum atomic E-state index is -5.39. The highest BCUT2D eigenvalue weighted by Gasteiger charge is 2.52. The van der Waals surface area contributed by atoms with Crippen molar-refractivity contribution in [3.63, 3.8) is 0 Å². The van der Waals surface area contributed by atoms with Crippen molar-refractivity contribution in [3.05, 3.63) is 0 Å². The normalized spacial score (nSPS) is 17.2. The van der Waals surface area contributed by atoms with Gasteiger partial charge in [0.1, 0.15) is 0 Å². The molecule has 0 aliphatic rings. The second-order valence-electron chi connectivity index (χ2n) is 3.15. The molecule has 2 atom stereocenters. The number of rotatable bonds is 5. The first-order chi connectivity index (χ1) is 7.96. The fourth-order valence-electron chi connectivity index (χ4n) is 1.12. The van der Waals surface area contributed by atoms with Gasteiger partial charge in [0.2, 0.25) is 22.0 Å². The molecule has 0 fully saturated rings. The van der Waals surface area contributed by atoms with Crippen molar-refractivity contribution in [3.8, 4) is 0 Å². The standard InChI is InChI=1S/C7H11F6NO2S2/c1-3-5(4-2)14(17(15)6(8,9)10)18(16)7(11,12)13/h5H,3-4H2,1-2H3. The molecule has 0 saturated heterocycles. The SMILES string of the molecule is CCC(CC)N(S(=O)C(F)(F)F)S(=O)C(F)(F)F. The largest absolute Gasteiger partial charge is 0.486 e. The highest BCUT2D eigenvalue weighted by Crippen LogP contribution is 2.33. The van der Waals surface area contributed by atoms with Crippen LogP contribution >= 0.6 is 0 Å². The van der Waals surface area contributed by atoms with Crippen molar-refractivity contribution in [2.45, 2.75) is 43.7 Å². The third-order valence-electron chi connectivity index (χ3n) is 1.96. The first-order valence-corrected chi connectivity index (χ1v) is 6.94. The van der Waals surface area contributed by atoms with Gasteiger partial charge in [0.25, 0.3) is 0 Å². The van der Waals surface area contributed by atoms with Crippen molar-refractivity contribution in [2.75, 3.05) is 0 Å². The van der Waals surface area contributed by atoms with E-state index in [2.05, 4.69) is 0 Å². The Labute approximate surface area is 105 Å². The Morgan fingerprint density at radius 2 is 1.17 bits per heavy atom. The van der Waals surface area contributed by atoms with Crippen molar-refractivity contribution >= 4 is 22.0 Å². The first-order valence-electron chi connectivity index (χ1n) is 4.73. The molecule has 3 nitrogen and oxygen atoms in total. The van der Waals surface area contributed by atoms with Gasteiger partial charge in [0, 0.05) is 6.04 Å². The van der Waals surface area contributed by atoms with E-state index in [1.165, 1.54) is 13.8 Å². The lowest BCUT2D eigenvalue weighted by Gasteiger charge is -2.28. The van der Waals surface area contributed by atoms with E-state index in [4.69, 9.17) is 0 Å². The number of halogens is 6. The van der Waals surface area contributed by atoms with E-state index >= 15 is 0 Å². The minimum Gasteiger partial charge on any atom is -0.232 e. The molecule has 0 aromatic rings. The summed E-state index contributed by atoms with van der Waals surface area (Å²) < 4.78 is 95.0. The van der Waals surface area contributed by atoms with Crippen LogP contribution in [-0.2, 0) is 22.0 Å². The van der Waals surface area contributed by atoms with Gasteiger partial charge in [0.05, 0.1) is 0 Å². The summed E-state index contributed by atoms with van der Waals surface area (Å²) in [5, 5.41) is 0.